The Labute approximate surface area is 105 Å². The van der Waals surface area contributed by atoms with Gasteiger partial charge in [-0.15, -0.1) is 11.8 Å². The minimum atomic E-state index is -3.41. The first kappa shape index (κ1) is 12.4. The molecule has 0 radical (unpaired) electrons. The van der Waals surface area contributed by atoms with Crippen molar-refractivity contribution in [2.75, 3.05) is 12.3 Å². The number of hydrogen-bond donors (Lipinski definition) is 0. The van der Waals surface area contributed by atoms with Gasteiger partial charge in [-0.3, -0.25) is 0 Å². The highest BCUT2D eigenvalue weighted by Gasteiger charge is 2.32. The van der Waals surface area contributed by atoms with E-state index in [-0.39, 0.29) is 10.3 Å². The Balaban J connectivity index is 2.35. The van der Waals surface area contributed by atoms with Crippen molar-refractivity contribution in [3.8, 4) is 6.07 Å². The number of benzene rings is 1. The second kappa shape index (κ2) is 4.69. The maximum atomic E-state index is 12.3. The van der Waals surface area contributed by atoms with E-state index in [2.05, 4.69) is 0 Å². The summed E-state index contributed by atoms with van der Waals surface area (Å²) in [7, 11) is -3.41. The summed E-state index contributed by atoms with van der Waals surface area (Å²) in [6, 6.07) is 8.01. The zero-order chi connectivity index (χ0) is 12.5. The van der Waals surface area contributed by atoms with Gasteiger partial charge in [0.25, 0.3) is 0 Å². The topological polar surface area (TPSA) is 61.2 Å². The lowest BCUT2D eigenvalue weighted by Gasteiger charge is -2.19. The fourth-order valence-corrected chi connectivity index (χ4v) is 4.76. The van der Waals surface area contributed by atoms with Crippen LogP contribution in [0, 0.1) is 11.3 Å². The van der Waals surface area contributed by atoms with E-state index in [1.807, 2.05) is 13.0 Å². The van der Waals surface area contributed by atoms with Gasteiger partial charge in [0.15, 0.2) is 0 Å². The minimum absolute atomic E-state index is 0.0179. The fourth-order valence-electron chi connectivity index (χ4n) is 1.73. The van der Waals surface area contributed by atoms with Gasteiger partial charge in [0.2, 0.25) is 10.0 Å². The molecule has 1 aliphatic heterocycles. The third kappa shape index (κ3) is 2.32. The van der Waals surface area contributed by atoms with Crippen LogP contribution in [0.3, 0.4) is 0 Å². The number of nitriles is 1. The van der Waals surface area contributed by atoms with Crippen LogP contribution >= 0.6 is 11.8 Å². The smallest absolute Gasteiger partial charge is 0.207 e. The van der Waals surface area contributed by atoms with Crippen molar-refractivity contribution >= 4 is 21.8 Å². The molecule has 0 saturated carbocycles. The number of hydrogen-bond acceptors (Lipinski definition) is 4. The SMILES string of the molecule is CC1SCCN1S(=O)(=O)c1ccc(C#N)cc1. The quantitative estimate of drug-likeness (QED) is 0.818. The molecule has 6 heteroatoms. The molecule has 1 aromatic rings. The Morgan fingerprint density at radius 2 is 2.06 bits per heavy atom. The van der Waals surface area contributed by atoms with Crippen molar-refractivity contribution in [2.24, 2.45) is 0 Å². The highest BCUT2D eigenvalue weighted by molar-refractivity contribution is 8.01. The molecule has 0 aliphatic carbocycles. The van der Waals surface area contributed by atoms with Gasteiger partial charge in [-0.05, 0) is 31.2 Å². The molecule has 1 heterocycles. The minimum Gasteiger partial charge on any atom is -0.207 e. The van der Waals surface area contributed by atoms with Crippen molar-refractivity contribution < 1.29 is 8.42 Å². The van der Waals surface area contributed by atoms with Crippen molar-refractivity contribution in [2.45, 2.75) is 17.2 Å². The summed E-state index contributed by atoms with van der Waals surface area (Å²) in [4.78, 5) is 0.255. The average molecular weight is 268 g/mol. The van der Waals surface area contributed by atoms with Gasteiger partial charge in [0, 0.05) is 12.3 Å². The molecule has 17 heavy (non-hydrogen) atoms. The molecule has 0 spiro atoms. The molecule has 4 nitrogen and oxygen atoms in total. The normalized spacial score (nSPS) is 21.3. The van der Waals surface area contributed by atoms with Gasteiger partial charge in [-0.2, -0.15) is 9.57 Å². The Bertz CT molecular complexity index is 546. The van der Waals surface area contributed by atoms with Gasteiger partial charge in [-0.25, -0.2) is 8.42 Å². The largest absolute Gasteiger partial charge is 0.244 e. The Morgan fingerprint density at radius 1 is 1.41 bits per heavy atom. The van der Waals surface area contributed by atoms with Crippen LogP contribution in [0.5, 0.6) is 0 Å². The Morgan fingerprint density at radius 3 is 2.53 bits per heavy atom. The maximum Gasteiger partial charge on any atom is 0.244 e. The van der Waals surface area contributed by atoms with Crippen molar-refractivity contribution in [3.05, 3.63) is 29.8 Å². The zero-order valence-corrected chi connectivity index (χ0v) is 11.0. The van der Waals surface area contributed by atoms with Gasteiger partial charge in [-0.1, -0.05) is 0 Å². The maximum absolute atomic E-state index is 12.3. The summed E-state index contributed by atoms with van der Waals surface area (Å²) in [5.74, 6) is 0.830. The molecule has 0 amide bonds. The molecule has 1 atom stereocenters. The van der Waals surface area contributed by atoms with Crippen molar-refractivity contribution in [1.82, 2.24) is 4.31 Å². The first-order valence-corrected chi connectivity index (χ1v) is 7.68. The van der Waals surface area contributed by atoms with Crippen LogP contribution in [-0.2, 0) is 10.0 Å². The number of sulfonamides is 1. The summed E-state index contributed by atoms with van der Waals surface area (Å²) in [6.07, 6.45) is 0. The van der Waals surface area contributed by atoms with Crippen LogP contribution in [0.25, 0.3) is 0 Å². The molecular formula is C11H12N2O2S2. The summed E-state index contributed by atoms with van der Waals surface area (Å²) < 4.78 is 26.0. The lowest BCUT2D eigenvalue weighted by Crippen LogP contribution is -2.33. The molecular weight excluding hydrogens is 256 g/mol. The van der Waals surface area contributed by atoms with E-state index in [0.29, 0.717) is 12.1 Å². The van der Waals surface area contributed by atoms with Crippen molar-refractivity contribution in [1.29, 1.82) is 5.26 Å². The monoisotopic (exact) mass is 268 g/mol. The van der Waals surface area contributed by atoms with E-state index >= 15 is 0 Å². The molecule has 90 valence electrons. The molecule has 1 aliphatic rings. The molecule has 1 aromatic carbocycles. The van der Waals surface area contributed by atoms with Crippen molar-refractivity contribution in [3.63, 3.8) is 0 Å². The standard InChI is InChI=1S/C11H12N2O2S2/c1-9-13(6-7-16-9)17(14,15)11-4-2-10(8-12)3-5-11/h2-5,9H,6-7H2,1H3. The van der Waals surface area contributed by atoms with Gasteiger partial charge in [0.1, 0.15) is 0 Å². The Kier molecular flexibility index (Phi) is 3.43. The molecule has 0 aromatic heterocycles. The van der Waals surface area contributed by atoms with Crippen LogP contribution in [0.1, 0.15) is 12.5 Å². The van der Waals surface area contributed by atoms with E-state index < -0.39 is 10.0 Å². The van der Waals surface area contributed by atoms with Gasteiger partial charge < -0.3 is 0 Å². The van der Waals surface area contributed by atoms with E-state index in [1.165, 1.54) is 28.6 Å². The first-order valence-electron chi connectivity index (χ1n) is 5.19. The lowest BCUT2D eigenvalue weighted by molar-refractivity contribution is 0.442. The third-order valence-electron chi connectivity index (χ3n) is 2.67. The Hall–Kier alpha value is -1.03. The highest BCUT2D eigenvalue weighted by Crippen LogP contribution is 2.29. The van der Waals surface area contributed by atoms with Crippen LogP contribution in [0.15, 0.2) is 29.2 Å². The van der Waals surface area contributed by atoms with E-state index in [9.17, 15) is 8.42 Å². The second-order valence-corrected chi connectivity index (χ2v) is 7.04. The summed E-state index contributed by atoms with van der Waals surface area (Å²) in [5, 5.41) is 8.65. The van der Waals surface area contributed by atoms with Crippen LogP contribution in [0.2, 0.25) is 0 Å². The molecule has 0 bridgehead atoms. The van der Waals surface area contributed by atoms with Crippen LogP contribution < -0.4 is 0 Å². The van der Waals surface area contributed by atoms with Crippen LogP contribution in [-0.4, -0.2) is 30.4 Å². The molecule has 2 rings (SSSR count). The number of thioether (sulfide) groups is 1. The fraction of sp³-hybridized carbons (Fsp3) is 0.364. The van der Waals surface area contributed by atoms with Gasteiger partial charge in [0.05, 0.1) is 21.9 Å². The average Bonchev–Trinajstić information content (AvgIpc) is 2.76. The predicted molar refractivity (Wildman–Crippen MR) is 67.0 cm³/mol. The number of nitrogens with zero attached hydrogens (tertiary/aromatic N) is 2. The third-order valence-corrected chi connectivity index (χ3v) is 5.94. The number of rotatable bonds is 2. The molecule has 1 fully saturated rings. The zero-order valence-electron chi connectivity index (χ0n) is 9.33. The molecule has 1 saturated heterocycles. The predicted octanol–water partition coefficient (Wildman–Crippen LogP) is 1.64. The van der Waals surface area contributed by atoms with Gasteiger partial charge >= 0.3 is 0 Å². The molecule has 1 unspecified atom stereocenters. The second-order valence-electron chi connectivity index (χ2n) is 3.72. The first-order chi connectivity index (χ1) is 8.05. The van der Waals surface area contributed by atoms with E-state index in [4.69, 9.17) is 5.26 Å². The van der Waals surface area contributed by atoms with Crippen LogP contribution in [0.4, 0.5) is 0 Å². The summed E-state index contributed by atoms with van der Waals surface area (Å²) in [5.41, 5.74) is 0.466. The molecule has 0 N–H and O–H groups in total. The van der Waals surface area contributed by atoms with E-state index in [0.717, 1.165) is 5.75 Å². The summed E-state index contributed by atoms with van der Waals surface area (Å²) >= 11 is 1.63. The summed E-state index contributed by atoms with van der Waals surface area (Å²) in [6.45, 7) is 2.44. The highest BCUT2D eigenvalue weighted by atomic mass is 32.2. The lowest BCUT2D eigenvalue weighted by atomic mass is 10.2. The van der Waals surface area contributed by atoms with E-state index in [1.54, 1.807) is 11.8 Å².